The van der Waals surface area contributed by atoms with Crippen molar-refractivity contribution in [3.05, 3.63) is 57.6 Å². The SMILES string of the molecule is CO[C@@]12Oc3c4c(cc(C)c3[C@H]3O[C@](C5OCCCO5)(O[C@@H]31)[C@]21CO1)C(=O)c1cccc(OC(C)=O)c1C4=O. The fourth-order valence-corrected chi connectivity index (χ4v) is 6.91. The molecule has 2 bridgehead atoms. The zero-order valence-corrected chi connectivity index (χ0v) is 21.4. The minimum Gasteiger partial charge on any atom is -0.455 e. The van der Waals surface area contributed by atoms with Crippen LogP contribution in [0, 0.1) is 6.92 Å². The van der Waals surface area contributed by atoms with E-state index in [0.717, 1.165) is 6.42 Å². The lowest BCUT2D eigenvalue weighted by atomic mass is 9.75. The van der Waals surface area contributed by atoms with Gasteiger partial charge in [-0.15, -0.1) is 0 Å². The van der Waals surface area contributed by atoms with Gasteiger partial charge < -0.3 is 37.9 Å². The number of carbonyl (C=O) groups excluding carboxylic acids is 3. The van der Waals surface area contributed by atoms with Crippen molar-refractivity contribution in [3.8, 4) is 11.5 Å². The zero-order chi connectivity index (χ0) is 26.9. The second kappa shape index (κ2) is 7.51. The molecule has 1 aliphatic carbocycles. The van der Waals surface area contributed by atoms with Crippen LogP contribution in [0.1, 0.15) is 62.4 Å². The highest BCUT2D eigenvalue weighted by Crippen LogP contribution is 2.71. The van der Waals surface area contributed by atoms with E-state index in [4.69, 9.17) is 37.9 Å². The van der Waals surface area contributed by atoms with Gasteiger partial charge in [0.15, 0.2) is 11.9 Å². The molecule has 11 nitrogen and oxygen atoms in total. The van der Waals surface area contributed by atoms with E-state index in [-0.39, 0.29) is 46.1 Å². The Morgan fingerprint density at radius 3 is 2.51 bits per heavy atom. The standard InChI is InChI=1S/C28H24O11/c1-12-10-15-19(21(31)18-14(20(15)30)6-4-7-16(18)36-13(2)29)22-17(12)23-24-27(32-3,37-22)26(11-35-26)28(38-23,39-24)25-33-8-5-9-34-25/h4,6-7,10,23-25H,5,8-9,11H2,1-3H3/t23-,24+,26+,27-,28-/m1/s1. The normalized spacial score (nSPS) is 35.4. The molecule has 39 heavy (non-hydrogen) atoms. The van der Waals surface area contributed by atoms with Crippen molar-refractivity contribution in [2.75, 3.05) is 26.9 Å². The van der Waals surface area contributed by atoms with E-state index >= 15 is 0 Å². The van der Waals surface area contributed by atoms with E-state index in [2.05, 4.69) is 0 Å². The highest BCUT2D eigenvalue weighted by atomic mass is 16.9. The molecular formula is C28H24O11. The Balaban J connectivity index is 1.33. The molecule has 0 aromatic heterocycles. The van der Waals surface area contributed by atoms with Gasteiger partial charge in [-0.3, -0.25) is 14.4 Å². The van der Waals surface area contributed by atoms with Crippen LogP contribution in [-0.2, 0) is 33.2 Å². The first-order valence-electron chi connectivity index (χ1n) is 12.8. The molecule has 0 radical (unpaired) electrons. The molecule has 0 N–H and O–H groups in total. The number of hydrogen-bond acceptors (Lipinski definition) is 11. The fraction of sp³-hybridized carbons (Fsp3) is 0.464. The van der Waals surface area contributed by atoms with Crippen molar-refractivity contribution in [2.45, 2.75) is 55.9 Å². The molecule has 0 saturated carbocycles. The zero-order valence-electron chi connectivity index (χ0n) is 21.4. The number of ether oxygens (including phenoxy) is 8. The summed E-state index contributed by atoms with van der Waals surface area (Å²) >= 11 is 0. The van der Waals surface area contributed by atoms with Gasteiger partial charge in [-0.25, -0.2) is 0 Å². The number of benzene rings is 2. The van der Waals surface area contributed by atoms with Crippen LogP contribution in [0.2, 0.25) is 0 Å². The first kappa shape index (κ1) is 23.7. The minimum atomic E-state index is -1.51. The molecule has 4 fully saturated rings. The number of rotatable bonds is 3. The summed E-state index contributed by atoms with van der Waals surface area (Å²) in [6.45, 7) is 4.17. The number of esters is 1. The van der Waals surface area contributed by atoms with E-state index < -0.39 is 47.4 Å². The van der Waals surface area contributed by atoms with Gasteiger partial charge in [0, 0.05) is 30.7 Å². The highest BCUT2D eigenvalue weighted by molar-refractivity contribution is 6.30. The average Bonchev–Trinajstić information content (AvgIpc) is 3.58. The van der Waals surface area contributed by atoms with E-state index in [0.29, 0.717) is 24.3 Å². The molecule has 202 valence electrons. The summed E-state index contributed by atoms with van der Waals surface area (Å²) in [6.07, 6.45) is -1.62. The molecule has 0 unspecified atom stereocenters. The van der Waals surface area contributed by atoms with Crippen LogP contribution in [-0.4, -0.2) is 74.0 Å². The number of ketones is 2. The average molecular weight is 536 g/mol. The summed E-state index contributed by atoms with van der Waals surface area (Å²) in [5.41, 5.74) is 0.406. The molecular weight excluding hydrogens is 512 g/mol. The Morgan fingerprint density at radius 2 is 1.82 bits per heavy atom. The summed E-state index contributed by atoms with van der Waals surface area (Å²) in [7, 11) is 1.48. The highest BCUT2D eigenvalue weighted by Gasteiger charge is 2.93. The van der Waals surface area contributed by atoms with Gasteiger partial charge in [0.25, 0.3) is 11.6 Å². The summed E-state index contributed by atoms with van der Waals surface area (Å²) in [6, 6.07) is 6.26. The number of hydrogen-bond donors (Lipinski definition) is 0. The number of epoxide rings is 1. The lowest BCUT2D eigenvalue weighted by molar-refractivity contribution is -0.365. The lowest BCUT2D eigenvalue weighted by Gasteiger charge is -2.50. The maximum absolute atomic E-state index is 14.1. The van der Waals surface area contributed by atoms with Crippen LogP contribution < -0.4 is 9.47 Å². The number of carbonyl (C=O) groups is 3. The van der Waals surface area contributed by atoms with Gasteiger partial charge in [0.1, 0.15) is 17.6 Å². The molecule has 2 aromatic rings. The van der Waals surface area contributed by atoms with Gasteiger partial charge in [0.2, 0.25) is 17.7 Å². The summed E-state index contributed by atoms with van der Waals surface area (Å²) in [5, 5.41) is 0. The molecule has 8 rings (SSSR count). The van der Waals surface area contributed by atoms with Gasteiger partial charge in [-0.2, -0.15) is 0 Å². The quantitative estimate of drug-likeness (QED) is 0.277. The van der Waals surface area contributed by atoms with Gasteiger partial charge in [-0.05, 0) is 31.0 Å². The first-order valence-corrected chi connectivity index (χ1v) is 12.8. The van der Waals surface area contributed by atoms with Crippen molar-refractivity contribution in [1.82, 2.24) is 0 Å². The van der Waals surface area contributed by atoms with Crippen molar-refractivity contribution < 1.29 is 52.3 Å². The van der Waals surface area contributed by atoms with Gasteiger partial charge >= 0.3 is 5.97 Å². The third-order valence-electron chi connectivity index (χ3n) is 8.54. The lowest BCUT2D eigenvalue weighted by Crippen LogP contribution is -2.70. The topological polar surface area (TPSA) is 128 Å². The van der Waals surface area contributed by atoms with Gasteiger partial charge in [0.05, 0.1) is 30.9 Å². The third kappa shape index (κ3) is 2.61. The van der Waals surface area contributed by atoms with E-state index in [9.17, 15) is 14.4 Å². The van der Waals surface area contributed by atoms with Crippen LogP contribution in [0.25, 0.3) is 0 Å². The molecule has 4 saturated heterocycles. The van der Waals surface area contributed by atoms with Crippen LogP contribution in [0.4, 0.5) is 0 Å². The van der Waals surface area contributed by atoms with Crippen molar-refractivity contribution in [2.24, 2.45) is 0 Å². The molecule has 5 heterocycles. The monoisotopic (exact) mass is 536 g/mol. The van der Waals surface area contributed by atoms with Crippen LogP contribution in [0.15, 0.2) is 24.3 Å². The van der Waals surface area contributed by atoms with Gasteiger partial charge in [-0.1, -0.05) is 12.1 Å². The van der Waals surface area contributed by atoms with E-state index in [1.807, 2.05) is 6.92 Å². The second-order valence-electron chi connectivity index (χ2n) is 10.6. The molecule has 2 aromatic carbocycles. The van der Waals surface area contributed by atoms with Crippen LogP contribution in [0.3, 0.4) is 0 Å². The first-order chi connectivity index (χ1) is 18.8. The Bertz CT molecular complexity index is 1500. The van der Waals surface area contributed by atoms with Crippen LogP contribution >= 0.6 is 0 Å². The van der Waals surface area contributed by atoms with Crippen molar-refractivity contribution in [3.63, 3.8) is 0 Å². The summed E-state index contributed by atoms with van der Waals surface area (Å²) in [5.74, 6) is -4.29. The Hall–Kier alpha value is -3.19. The Labute approximate surface area is 222 Å². The molecule has 6 aliphatic rings. The van der Waals surface area contributed by atoms with Crippen molar-refractivity contribution >= 4 is 17.5 Å². The smallest absolute Gasteiger partial charge is 0.308 e. The maximum Gasteiger partial charge on any atom is 0.308 e. The molecule has 5 aliphatic heterocycles. The van der Waals surface area contributed by atoms with E-state index in [1.54, 1.807) is 18.2 Å². The number of fused-ring (bicyclic) bond motifs is 8. The number of aryl methyl sites for hydroxylation is 1. The fourth-order valence-electron chi connectivity index (χ4n) is 6.91. The van der Waals surface area contributed by atoms with Crippen molar-refractivity contribution in [1.29, 1.82) is 0 Å². The summed E-state index contributed by atoms with van der Waals surface area (Å²) in [4.78, 5) is 39.6. The Morgan fingerprint density at radius 1 is 1.05 bits per heavy atom. The molecule has 0 amide bonds. The predicted octanol–water partition coefficient (Wildman–Crippen LogP) is 2.13. The van der Waals surface area contributed by atoms with E-state index in [1.165, 1.54) is 20.1 Å². The maximum atomic E-state index is 14.1. The predicted molar refractivity (Wildman–Crippen MR) is 127 cm³/mol. The largest absolute Gasteiger partial charge is 0.455 e. The molecule has 1 spiro atoms. The third-order valence-corrected chi connectivity index (χ3v) is 8.54. The summed E-state index contributed by atoms with van der Waals surface area (Å²) < 4.78 is 49.1. The minimum absolute atomic E-state index is 0.00128. The number of methoxy groups -OCH3 is 1. The molecule has 5 atom stereocenters. The molecule has 11 heteroatoms. The van der Waals surface area contributed by atoms with Crippen LogP contribution in [0.5, 0.6) is 11.5 Å². The second-order valence-corrected chi connectivity index (χ2v) is 10.6. The Kier molecular flexibility index (Phi) is 4.56.